The van der Waals surface area contributed by atoms with Crippen molar-refractivity contribution < 1.29 is 22.3 Å². The molecule has 124 valence electrons. The Morgan fingerprint density at radius 3 is 2.70 bits per heavy atom. The summed E-state index contributed by atoms with van der Waals surface area (Å²) in [6, 6.07) is 7.13. The minimum atomic E-state index is -3.88. The Morgan fingerprint density at radius 2 is 2.09 bits per heavy atom. The molecule has 0 fully saturated rings. The van der Waals surface area contributed by atoms with Crippen molar-refractivity contribution in [1.82, 2.24) is 4.31 Å². The highest BCUT2D eigenvalue weighted by Crippen LogP contribution is 2.27. The van der Waals surface area contributed by atoms with Crippen molar-refractivity contribution in [3.8, 4) is 0 Å². The summed E-state index contributed by atoms with van der Waals surface area (Å²) in [5, 5.41) is 1.52. The van der Waals surface area contributed by atoms with Gasteiger partial charge in [0, 0.05) is 13.1 Å². The van der Waals surface area contributed by atoms with E-state index in [1.807, 2.05) is 0 Å². The normalized spacial score (nSPS) is 11.7. The summed E-state index contributed by atoms with van der Waals surface area (Å²) in [6.45, 7) is 1.89. The lowest BCUT2D eigenvalue weighted by molar-refractivity contribution is 0.0602. The highest BCUT2D eigenvalue weighted by atomic mass is 32.2. The van der Waals surface area contributed by atoms with E-state index >= 15 is 0 Å². The van der Waals surface area contributed by atoms with E-state index in [4.69, 9.17) is 0 Å². The maximum Gasteiger partial charge on any atom is 0.349 e. The molecular formula is C15H16FNO4S2. The highest BCUT2D eigenvalue weighted by Gasteiger charge is 2.29. The zero-order valence-electron chi connectivity index (χ0n) is 12.7. The van der Waals surface area contributed by atoms with E-state index < -0.39 is 21.8 Å². The maximum atomic E-state index is 13.3. The number of benzene rings is 1. The lowest BCUT2D eigenvalue weighted by Crippen LogP contribution is -2.31. The molecule has 0 aliphatic rings. The zero-order valence-corrected chi connectivity index (χ0v) is 14.3. The molecule has 0 aliphatic heterocycles. The van der Waals surface area contributed by atoms with Gasteiger partial charge in [0.15, 0.2) is 0 Å². The molecule has 0 atom stereocenters. The first-order valence-electron chi connectivity index (χ1n) is 6.80. The van der Waals surface area contributed by atoms with Crippen molar-refractivity contribution in [2.24, 2.45) is 0 Å². The van der Waals surface area contributed by atoms with Crippen LogP contribution >= 0.6 is 11.3 Å². The predicted octanol–water partition coefficient (Wildman–Crippen LogP) is 2.88. The molecule has 0 radical (unpaired) electrons. The van der Waals surface area contributed by atoms with Gasteiger partial charge in [-0.2, -0.15) is 4.31 Å². The van der Waals surface area contributed by atoms with Gasteiger partial charge in [-0.15, -0.1) is 11.3 Å². The molecule has 8 heteroatoms. The number of nitrogens with zero attached hydrogens (tertiary/aromatic N) is 1. The SMILES string of the molecule is CCN(Cc1cccc(F)c1)S(=O)(=O)c1ccsc1C(=O)OC. The molecule has 1 aromatic heterocycles. The number of hydrogen-bond acceptors (Lipinski definition) is 5. The van der Waals surface area contributed by atoms with Crippen molar-refractivity contribution >= 4 is 27.3 Å². The largest absolute Gasteiger partial charge is 0.465 e. The summed E-state index contributed by atoms with van der Waals surface area (Å²) in [7, 11) is -2.69. The topological polar surface area (TPSA) is 63.7 Å². The lowest BCUT2D eigenvalue weighted by atomic mass is 10.2. The molecule has 0 bridgehead atoms. The minimum absolute atomic E-state index is 0.0209. The molecule has 0 saturated carbocycles. The fraction of sp³-hybridized carbons (Fsp3) is 0.267. The fourth-order valence-corrected chi connectivity index (χ4v) is 4.83. The van der Waals surface area contributed by atoms with E-state index in [2.05, 4.69) is 4.74 Å². The molecule has 2 rings (SSSR count). The molecule has 0 aliphatic carbocycles. The van der Waals surface area contributed by atoms with Gasteiger partial charge in [-0.3, -0.25) is 0 Å². The summed E-state index contributed by atoms with van der Waals surface area (Å²) in [5.41, 5.74) is 0.533. The lowest BCUT2D eigenvalue weighted by Gasteiger charge is -2.20. The third kappa shape index (κ3) is 3.77. The van der Waals surface area contributed by atoms with Crippen molar-refractivity contribution in [2.45, 2.75) is 18.4 Å². The molecular weight excluding hydrogens is 341 g/mol. The number of ether oxygens (including phenoxy) is 1. The number of halogens is 1. The summed E-state index contributed by atoms with van der Waals surface area (Å²) in [4.78, 5) is 11.7. The summed E-state index contributed by atoms with van der Waals surface area (Å²) < 4.78 is 44.7. The van der Waals surface area contributed by atoms with E-state index in [-0.39, 0.29) is 22.9 Å². The second-order valence-electron chi connectivity index (χ2n) is 4.67. The van der Waals surface area contributed by atoms with Crippen LogP contribution in [0.15, 0.2) is 40.6 Å². The van der Waals surface area contributed by atoms with E-state index in [0.717, 1.165) is 11.3 Å². The summed E-state index contributed by atoms with van der Waals surface area (Å²) in [6.07, 6.45) is 0. The van der Waals surface area contributed by atoms with Crippen molar-refractivity contribution in [2.75, 3.05) is 13.7 Å². The summed E-state index contributed by atoms with van der Waals surface area (Å²) in [5.74, 6) is -1.12. The smallest absolute Gasteiger partial charge is 0.349 e. The highest BCUT2D eigenvalue weighted by molar-refractivity contribution is 7.89. The molecule has 0 spiro atoms. The second kappa shape index (κ2) is 7.20. The van der Waals surface area contributed by atoms with Crippen molar-refractivity contribution in [3.63, 3.8) is 0 Å². The molecule has 0 unspecified atom stereocenters. The van der Waals surface area contributed by atoms with Gasteiger partial charge < -0.3 is 4.74 Å². The first-order chi connectivity index (χ1) is 10.9. The van der Waals surface area contributed by atoms with Gasteiger partial charge >= 0.3 is 5.97 Å². The zero-order chi connectivity index (χ0) is 17.0. The van der Waals surface area contributed by atoms with Gasteiger partial charge in [0.25, 0.3) is 0 Å². The van der Waals surface area contributed by atoms with Crippen LogP contribution in [0.2, 0.25) is 0 Å². The first-order valence-corrected chi connectivity index (χ1v) is 9.12. The van der Waals surface area contributed by atoms with Crippen LogP contribution in [0.3, 0.4) is 0 Å². The predicted molar refractivity (Wildman–Crippen MR) is 85.3 cm³/mol. The Hall–Kier alpha value is -1.77. The molecule has 1 heterocycles. The third-order valence-corrected chi connectivity index (χ3v) is 6.21. The molecule has 0 N–H and O–H groups in total. The van der Waals surface area contributed by atoms with Gasteiger partial charge in [0.2, 0.25) is 10.0 Å². The Kier molecular flexibility index (Phi) is 5.51. The van der Waals surface area contributed by atoms with E-state index in [1.54, 1.807) is 13.0 Å². The van der Waals surface area contributed by atoms with E-state index in [0.29, 0.717) is 5.56 Å². The Morgan fingerprint density at radius 1 is 1.35 bits per heavy atom. The number of carbonyl (C=O) groups excluding carboxylic acids is 1. The van der Waals surface area contributed by atoms with E-state index in [9.17, 15) is 17.6 Å². The molecule has 0 amide bonds. The van der Waals surface area contributed by atoms with Gasteiger partial charge in [-0.05, 0) is 29.1 Å². The number of methoxy groups -OCH3 is 1. The van der Waals surface area contributed by atoms with Crippen LogP contribution in [0.5, 0.6) is 0 Å². The first kappa shape index (κ1) is 17.6. The van der Waals surface area contributed by atoms with Crippen LogP contribution in [0.25, 0.3) is 0 Å². The van der Waals surface area contributed by atoms with Gasteiger partial charge in [0.05, 0.1) is 7.11 Å². The Balaban J connectivity index is 2.36. The van der Waals surface area contributed by atoms with Crippen LogP contribution in [-0.2, 0) is 21.3 Å². The minimum Gasteiger partial charge on any atom is -0.465 e. The van der Waals surface area contributed by atoms with E-state index in [1.165, 1.54) is 41.1 Å². The van der Waals surface area contributed by atoms with Gasteiger partial charge in [0.1, 0.15) is 15.6 Å². The summed E-state index contributed by atoms with van der Waals surface area (Å²) >= 11 is 1.01. The maximum absolute atomic E-state index is 13.3. The Bertz CT molecular complexity index is 801. The number of rotatable bonds is 6. The Labute approximate surface area is 138 Å². The van der Waals surface area contributed by atoms with Crippen LogP contribution < -0.4 is 0 Å². The van der Waals surface area contributed by atoms with Crippen LogP contribution in [0.4, 0.5) is 4.39 Å². The van der Waals surface area contributed by atoms with Crippen molar-refractivity contribution in [3.05, 3.63) is 52.0 Å². The van der Waals surface area contributed by atoms with Gasteiger partial charge in [-0.1, -0.05) is 19.1 Å². The standard InChI is InChI=1S/C15H16FNO4S2/c1-3-17(10-11-5-4-6-12(16)9-11)23(19,20)13-7-8-22-14(13)15(18)21-2/h4-9H,3,10H2,1-2H3. The number of thiophene rings is 1. The molecule has 1 aromatic carbocycles. The van der Waals surface area contributed by atoms with Gasteiger partial charge in [-0.25, -0.2) is 17.6 Å². The number of sulfonamides is 1. The van der Waals surface area contributed by atoms with Crippen molar-refractivity contribution in [1.29, 1.82) is 0 Å². The number of esters is 1. The third-order valence-electron chi connectivity index (χ3n) is 3.22. The second-order valence-corrected chi connectivity index (χ2v) is 7.49. The molecule has 2 aromatic rings. The molecule has 23 heavy (non-hydrogen) atoms. The monoisotopic (exact) mass is 357 g/mol. The fourth-order valence-electron chi connectivity index (χ4n) is 2.09. The van der Waals surface area contributed by atoms with Crippen LogP contribution in [-0.4, -0.2) is 32.3 Å². The average molecular weight is 357 g/mol. The molecule has 0 saturated heterocycles. The molecule has 5 nitrogen and oxygen atoms in total. The quantitative estimate of drug-likeness (QED) is 0.746. The van der Waals surface area contributed by atoms with Crippen LogP contribution in [0, 0.1) is 5.82 Å². The van der Waals surface area contributed by atoms with Crippen LogP contribution in [0.1, 0.15) is 22.2 Å². The average Bonchev–Trinajstić information content (AvgIpc) is 3.02. The number of carbonyl (C=O) groups is 1. The number of hydrogen-bond donors (Lipinski definition) is 0.